The zero-order valence-electron chi connectivity index (χ0n) is 7.38. The fourth-order valence-corrected chi connectivity index (χ4v) is 1.23. The van der Waals surface area contributed by atoms with Gasteiger partial charge in [0.25, 0.3) is 0 Å². The molecule has 1 nitrogen and oxygen atoms in total. The molecule has 0 saturated carbocycles. The minimum atomic E-state index is -4.79. The van der Waals surface area contributed by atoms with E-state index in [4.69, 9.17) is 5.26 Å². The predicted molar refractivity (Wildman–Crippen MR) is 48.5 cm³/mol. The Morgan fingerprint density at radius 3 is 2.43 bits per heavy atom. The van der Waals surface area contributed by atoms with Gasteiger partial charge in [-0.05, 0) is 5.56 Å². The Morgan fingerprint density at radius 1 is 1.21 bits per heavy atom. The van der Waals surface area contributed by atoms with Crippen LogP contribution in [-0.4, -0.2) is 6.98 Å². The highest BCUT2D eigenvalue weighted by Crippen LogP contribution is 2.17. The lowest BCUT2D eigenvalue weighted by Crippen LogP contribution is -2.19. The summed E-state index contributed by atoms with van der Waals surface area (Å²) in [5, 5.41) is 8.37. The fourth-order valence-electron chi connectivity index (χ4n) is 1.23. The molecule has 0 fully saturated rings. The summed E-state index contributed by atoms with van der Waals surface area (Å²) in [6.45, 7) is -4.79. The Bertz CT molecular complexity index is 354. The van der Waals surface area contributed by atoms with Gasteiger partial charge in [0.05, 0.1) is 12.5 Å². The first kappa shape index (κ1) is 10.6. The molecule has 0 aliphatic carbocycles. The number of benzene rings is 1. The molecule has 0 bridgehead atoms. The minimum Gasteiger partial charge on any atom is -0.449 e. The molecule has 0 aliphatic heterocycles. The highest BCUT2D eigenvalue weighted by Gasteiger charge is 2.22. The van der Waals surface area contributed by atoms with Crippen molar-refractivity contribution in [2.75, 3.05) is 0 Å². The largest absolute Gasteiger partial charge is 0.482 e. The zero-order valence-corrected chi connectivity index (χ0v) is 7.38. The van der Waals surface area contributed by atoms with Crippen molar-refractivity contribution in [2.24, 2.45) is 0 Å². The topological polar surface area (TPSA) is 23.8 Å². The Kier molecular flexibility index (Phi) is 3.18. The first-order valence-electron chi connectivity index (χ1n) is 4.17. The van der Waals surface area contributed by atoms with Gasteiger partial charge in [0, 0.05) is 0 Å². The van der Waals surface area contributed by atoms with E-state index in [1.54, 1.807) is 12.1 Å². The molecule has 0 N–H and O–H groups in total. The van der Waals surface area contributed by atoms with Crippen LogP contribution >= 0.6 is 0 Å². The number of rotatable bonds is 3. The Morgan fingerprint density at radius 2 is 1.86 bits per heavy atom. The molecule has 0 aliphatic rings. The maximum absolute atomic E-state index is 12.1. The number of hydrogen-bond donors (Lipinski definition) is 0. The van der Waals surface area contributed by atoms with E-state index in [0.29, 0.717) is 5.56 Å². The number of nitriles is 1. The number of nitrogens with zero attached hydrogens (tertiary/aromatic N) is 1. The third-order valence-electron chi connectivity index (χ3n) is 1.74. The van der Waals surface area contributed by atoms with Crippen molar-refractivity contribution >= 4 is 6.98 Å². The molecule has 1 aromatic rings. The van der Waals surface area contributed by atoms with Gasteiger partial charge < -0.3 is 12.9 Å². The zero-order chi connectivity index (χ0) is 10.6. The van der Waals surface area contributed by atoms with E-state index >= 15 is 0 Å². The van der Waals surface area contributed by atoms with Crippen LogP contribution in [0.1, 0.15) is 11.1 Å². The Labute approximate surface area is 80.2 Å². The van der Waals surface area contributed by atoms with Crippen LogP contribution in [0.4, 0.5) is 12.9 Å². The number of halogens is 3. The van der Waals surface area contributed by atoms with Gasteiger partial charge in [-0.3, -0.25) is 0 Å². The van der Waals surface area contributed by atoms with E-state index in [1.165, 1.54) is 12.1 Å². The molecule has 0 heterocycles. The maximum atomic E-state index is 12.1. The van der Waals surface area contributed by atoms with Crippen molar-refractivity contribution in [3.05, 3.63) is 35.4 Å². The third kappa shape index (κ3) is 3.52. The van der Waals surface area contributed by atoms with Crippen LogP contribution < -0.4 is 0 Å². The monoisotopic (exact) mass is 198 g/mol. The summed E-state index contributed by atoms with van der Waals surface area (Å²) in [6, 6.07) is 7.95. The molecule has 0 aromatic heterocycles. The molecule has 0 radical (unpaired) electrons. The van der Waals surface area contributed by atoms with Crippen molar-refractivity contribution in [1.29, 1.82) is 5.26 Å². The molecule has 14 heavy (non-hydrogen) atoms. The van der Waals surface area contributed by atoms with Crippen molar-refractivity contribution in [1.82, 2.24) is 0 Å². The molecule has 74 valence electrons. The summed E-state index contributed by atoms with van der Waals surface area (Å²) in [5.74, 6) is 0. The van der Waals surface area contributed by atoms with Gasteiger partial charge in [-0.2, -0.15) is 5.26 Å². The normalized spacial score (nSPS) is 11.0. The second-order valence-electron chi connectivity index (χ2n) is 3.07. The number of hydrogen-bond acceptors (Lipinski definition) is 1. The summed E-state index contributed by atoms with van der Waals surface area (Å²) in [4.78, 5) is 0. The molecule has 0 unspecified atom stereocenters. The van der Waals surface area contributed by atoms with Crippen molar-refractivity contribution < 1.29 is 12.9 Å². The predicted octanol–water partition coefficient (Wildman–Crippen LogP) is 2.68. The van der Waals surface area contributed by atoms with Crippen LogP contribution in [0.2, 0.25) is 0 Å². The van der Waals surface area contributed by atoms with E-state index in [9.17, 15) is 12.9 Å². The van der Waals surface area contributed by atoms with Crippen molar-refractivity contribution in [3.63, 3.8) is 0 Å². The minimum absolute atomic E-state index is 0.151. The lowest BCUT2D eigenvalue weighted by Gasteiger charge is -2.13. The lowest BCUT2D eigenvalue weighted by atomic mass is 9.81. The standard InChI is InChI=1S/C9H8BF3N/c11-10(12,13)7-9-3-1-2-8(6-9)4-5-14/h1-3,6H,4,7H2/q-1. The summed E-state index contributed by atoms with van der Waals surface area (Å²) in [5.41, 5.74) is 0.857. The molecule has 0 saturated heterocycles. The van der Waals surface area contributed by atoms with Crippen LogP contribution in [0.5, 0.6) is 0 Å². The second kappa shape index (κ2) is 4.18. The van der Waals surface area contributed by atoms with Crippen LogP contribution in [0, 0.1) is 11.3 Å². The van der Waals surface area contributed by atoms with Crippen LogP contribution in [0.25, 0.3) is 0 Å². The molecular formula is C9H8BF3N-. The maximum Gasteiger partial charge on any atom is 0.482 e. The van der Waals surface area contributed by atoms with Gasteiger partial charge >= 0.3 is 6.98 Å². The van der Waals surface area contributed by atoms with Gasteiger partial charge in [0.2, 0.25) is 0 Å². The summed E-state index contributed by atoms with van der Waals surface area (Å²) >= 11 is 0. The summed E-state index contributed by atoms with van der Waals surface area (Å²) in [6.07, 6.45) is -0.724. The molecule has 1 rings (SSSR count). The van der Waals surface area contributed by atoms with Crippen LogP contribution in [0.3, 0.4) is 0 Å². The van der Waals surface area contributed by atoms with Crippen molar-refractivity contribution in [2.45, 2.75) is 12.7 Å². The summed E-state index contributed by atoms with van der Waals surface area (Å²) < 4.78 is 36.2. The van der Waals surface area contributed by atoms with Crippen molar-refractivity contribution in [3.8, 4) is 6.07 Å². The van der Waals surface area contributed by atoms with Gasteiger partial charge in [-0.15, -0.1) is 0 Å². The van der Waals surface area contributed by atoms with E-state index < -0.39 is 13.3 Å². The second-order valence-corrected chi connectivity index (χ2v) is 3.07. The SMILES string of the molecule is N#CCc1cccc(C[B-](F)(F)F)c1. The smallest absolute Gasteiger partial charge is 0.449 e. The van der Waals surface area contributed by atoms with E-state index in [1.807, 2.05) is 6.07 Å². The fraction of sp³-hybridized carbons (Fsp3) is 0.222. The first-order chi connectivity index (χ1) is 6.51. The summed E-state index contributed by atoms with van der Waals surface area (Å²) in [7, 11) is 0. The third-order valence-corrected chi connectivity index (χ3v) is 1.74. The molecular weight excluding hydrogens is 190 g/mol. The van der Waals surface area contributed by atoms with Crippen LogP contribution in [0.15, 0.2) is 24.3 Å². The highest BCUT2D eigenvalue weighted by atomic mass is 19.4. The van der Waals surface area contributed by atoms with Gasteiger partial charge in [0.15, 0.2) is 0 Å². The quantitative estimate of drug-likeness (QED) is 0.684. The lowest BCUT2D eigenvalue weighted by molar-refractivity contribution is 0.468. The van der Waals surface area contributed by atoms with E-state index in [0.717, 1.165) is 0 Å². The average molecular weight is 198 g/mol. The average Bonchev–Trinajstić information content (AvgIpc) is 2.02. The van der Waals surface area contributed by atoms with Gasteiger partial charge in [-0.1, -0.05) is 36.1 Å². The molecule has 0 spiro atoms. The Balaban J connectivity index is 2.79. The van der Waals surface area contributed by atoms with E-state index in [-0.39, 0.29) is 12.0 Å². The Hall–Kier alpha value is -1.44. The molecule has 5 heteroatoms. The first-order valence-corrected chi connectivity index (χ1v) is 4.17. The van der Waals surface area contributed by atoms with E-state index in [2.05, 4.69) is 0 Å². The molecule has 1 aromatic carbocycles. The molecule has 0 amide bonds. The molecule has 0 atom stereocenters. The van der Waals surface area contributed by atoms with Crippen LogP contribution in [-0.2, 0) is 12.7 Å². The van der Waals surface area contributed by atoms with Gasteiger partial charge in [-0.25, -0.2) is 0 Å². The van der Waals surface area contributed by atoms with Gasteiger partial charge in [0.1, 0.15) is 0 Å². The highest BCUT2D eigenvalue weighted by molar-refractivity contribution is 6.57.